The summed E-state index contributed by atoms with van der Waals surface area (Å²) in [5.41, 5.74) is 0.320. The van der Waals surface area contributed by atoms with Gasteiger partial charge in [0.1, 0.15) is 0 Å². The molecule has 0 unspecified atom stereocenters. The van der Waals surface area contributed by atoms with Crippen molar-refractivity contribution in [2.24, 2.45) is 5.41 Å². The molecule has 4 heterocycles. The van der Waals surface area contributed by atoms with Crippen LogP contribution in [0.5, 0.6) is 0 Å². The Hall–Kier alpha value is -0.720. The SMILES string of the molecule is Cc1ccc(CN2CCOC[C@@]3(CCN(Cc4cccs4)C3)C2)s1. The molecule has 0 amide bonds. The van der Waals surface area contributed by atoms with E-state index >= 15 is 0 Å². The Kier molecular flexibility index (Phi) is 5.06. The van der Waals surface area contributed by atoms with E-state index in [1.807, 2.05) is 22.7 Å². The minimum Gasteiger partial charge on any atom is -0.379 e. The monoisotopic (exact) mass is 362 g/mol. The summed E-state index contributed by atoms with van der Waals surface area (Å²) in [7, 11) is 0. The molecule has 2 aromatic rings. The number of hydrogen-bond acceptors (Lipinski definition) is 5. The predicted octanol–water partition coefficient (Wildman–Crippen LogP) is 3.84. The van der Waals surface area contributed by atoms with Crippen molar-refractivity contribution in [2.45, 2.75) is 26.4 Å². The summed E-state index contributed by atoms with van der Waals surface area (Å²) in [4.78, 5) is 9.61. The number of ether oxygens (including phenoxy) is 1. The van der Waals surface area contributed by atoms with E-state index in [4.69, 9.17) is 4.74 Å². The lowest BCUT2D eigenvalue weighted by atomic mass is 9.87. The lowest BCUT2D eigenvalue weighted by Crippen LogP contribution is -2.40. The molecule has 1 spiro atoms. The zero-order valence-electron chi connectivity index (χ0n) is 14.4. The van der Waals surface area contributed by atoms with Crippen LogP contribution in [0.4, 0.5) is 0 Å². The molecular formula is C19H26N2OS2. The van der Waals surface area contributed by atoms with Crippen molar-refractivity contribution in [3.8, 4) is 0 Å². The van der Waals surface area contributed by atoms with E-state index < -0.39 is 0 Å². The average molecular weight is 363 g/mol. The second-order valence-corrected chi connectivity index (χ2v) is 9.72. The Labute approximate surface area is 152 Å². The molecule has 5 heteroatoms. The van der Waals surface area contributed by atoms with Crippen LogP contribution in [0, 0.1) is 12.3 Å². The van der Waals surface area contributed by atoms with Crippen molar-refractivity contribution in [3.63, 3.8) is 0 Å². The van der Waals surface area contributed by atoms with Crippen molar-refractivity contribution >= 4 is 22.7 Å². The minimum atomic E-state index is 0.320. The molecule has 2 aliphatic heterocycles. The van der Waals surface area contributed by atoms with Crippen LogP contribution in [-0.4, -0.2) is 49.2 Å². The first-order valence-electron chi connectivity index (χ1n) is 8.81. The van der Waals surface area contributed by atoms with E-state index in [-0.39, 0.29) is 0 Å². The standard InChI is InChI=1S/C19H26N2OS2/c1-16-4-5-18(24-16)12-21-8-9-22-15-19(14-21)6-7-20(13-19)11-17-3-2-10-23-17/h2-5,10H,6-9,11-15H2,1H3/t19-/m1/s1. The molecule has 0 aliphatic carbocycles. The van der Waals surface area contributed by atoms with E-state index in [9.17, 15) is 0 Å². The summed E-state index contributed by atoms with van der Waals surface area (Å²) in [5, 5.41) is 2.18. The third-order valence-electron chi connectivity index (χ3n) is 5.17. The fraction of sp³-hybridized carbons (Fsp3) is 0.579. The van der Waals surface area contributed by atoms with Gasteiger partial charge in [-0.05, 0) is 43.5 Å². The summed E-state index contributed by atoms with van der Waals surface area (Å²) in [6.45, 7) is 10.8. The summed E-state index contributed by atoms with van der Waals surface area (Å²) >= 11 is 3.80. The van der Waals surface area contributed by atoms with E-state index in [1.54, 1.807) is 0 Å². The molecule has 2 saturated heterocycles. The minimum absolute atomic E-state index is 0.320. The molecule has 3 nitrogen and oxygen atoms in total. The normalized spacial score (nSPS) is 26.2. The third kappa shape index (κ3) is 3.92. The highest BCUT2D eigenvalue weighted by Crippen LogP contribution is 2.35. The molecule has 0 N–H and O–H groups in total. The molecule has 0 aromatic carbocycles. The van der Waals surface area contributed by atoms with Gasteiger partial charge < -0.3 is 4.74 Å². The van der Waals surface area contributed by atoms with Gasteiger partial charge in [0, 0.05) is 52.8 Å². The highest BCUT2D eigenvalue weighted by Gasteiger charge is 2.41. The van der Waals surface area contributed by atoms with Crippen molar-refractivity contribution in [1.29, 1.82) is 0 Å². The van der Waals surface area contributed by atoms with Gasteiger partial charge >= 0.3 is 0 Å². The fourth-order valence-electron chi connectivity index (χ4n) is 4.04. The van der Waals surface area contributed by atoms with Gasteiger partial charge in [-0.2, -0.15) is 0 Å². The number of likely N-dealkylation sites (tertiary alicyclic amines) is 1. The van der Waals surface area contributed by atoms with E-state index in [0.29, 0.717) is 5.41 Å². The molecule has 0 radical (unpaired) electrons. The van der Waals surface area contributed by atoms with Crippen molar-refractivity contribution < 1.29 is 4.74 Å². The van der Waals surface area contributed by atoms with Gasteiger partial charge in [0.25, 0.3) is 0 Å². The van der Waals surface area contributed by atoms with Crippen molar-refractivity contribution in [3.05, 3.63) is 44.3 Å². The van der Waals surface area contributed by atoms with Crippen LogP contribution < -0.4 is 0 Å². The zero-order valence-corrected chi connectivity index (χ0v) is 16.0. The molecule has 2 aromatic heterocycles. The maximum absolute atomic E-state index is 6.03. The zero-order chi connectivity index (χ0) is 16.4. The third-order valence-corrected chi connectivity index (χ3v) is 7.02. The molecule has 0 saturated carbocycles. The Balaban J connectivity index is 1.40. The highest BCUT2D eigenvalue weighted by molar-refractivity contribution is 7.11. The molecule has 0 bridgehead atoms. The van der Waals surface area contributed by atoms with E-state index in [0.717, 1.165) is 32.8 Å². The number of aryl methyl sites for hydroxylation is 1. The summed E-state index contributed by atoms with van der Waals surface area (Å²) in [5.74, 6) is 0. The number of rotatable bonds is 4. The Morgan fingerprint density at radius 3 is 2.67 bits per heavy atom. The van der Waals surface area contributed by atoms with Gasteiger partial charge in [-0.1, -0.05) is 6.07 Å². The Morgan fingerprint density at radius 2 is 1.92 bits per heavy atom. The lowest BCUT2D eigenvalue weighted by Gasteiger charge is -2.31. The van der Waals surface area contributed by atoms with Gasteiger partial charge in [0.05, 0.1) is 13.2 Å². The van der Waals surface area contributed by atoms with Gasteiger partial charge in [0.15, 0.2) is 0 Å². The second kappa shape index (κ2) is 7.26. The van der Waals surface area contributed by atoms with E-state index in [1.165, 1.54) is 40.7 Å². The maximum Gasteiger partial charge on any atom is 0.0593 e. The number of nitrogens with zero attached hydrogens (tertiary/aromatic N) is 2. The van der Waals surface area contributed by atoms with Crippen molar-refractivity contribution in [1.82, 2.24) is 9.80 Å². The largest absolute Gasteiger partial charge is 0.379 e. The molecule has 2 aliphatic rings. The smallest absolute Gasteiger partial charge is 0.0593 e. The quantitative estimate of drug-likeness (QED) is 0.822. The second-order valence-electron chi connectivity index (χ2n) is 7.32. The first-order valence-corrected chi connectivity index (χ1v) is 10.5. The first kappa shape index (κ1) is 16.7. The maximum atomic E-state index is 6.03. The number of thiophene rings is 2. The van der Waals surface area contributed by atoms with Gasteiger partial charge in [0.2, 0.25) is 0 Å². The molecule has 130 valence electrons. The number of hydrogen-bond donors (Lipinski definition) is 0. The molecule has 24 heavy (non-hydrogen) atoms. The van der Waals surface area contributed by atoms with Crippen LogP contribution in [0.1, 0.15) is 21.1 Å². The molecular weight excluding hydrogens is 336 g/mol. The first-order chi connectivity index (χ1) is 11.7. The van der Waals surface area contributed by atoms with Crippen LogP contribution in [0.3, 0.4) is 0 Å². The summed E-state index contributed by atoms with van der Waals surface area (Å²) < 4.78 is 6.03. The summed E-state index contributed by atoms with van der Waals surface area (Å²) in [6.07, 6.45) is 1.26. The molecule has 1 atom stereocenters. The fourth-order valence-corrected chi connectivity index (χ4v) is 5.72. The van der Waals surface area contributed by atoms with Crippen LogP contribution in [0.15, 0.2) is 29.6 Å². The lowest BCUT2D eigenvalue weighted by molar-refractivity contribution is 0.0707. The van der Waals surface area contributed by atoms with Crippen LogP contribution in [0.2, 0.25) is 0 Å². The topological polar surface area (TPSA) is 15.7 Å². The van der Waals surface area contributed by atoms with Gasteiger partial charge in [-0.3, -0.25) is 9.80 Å². The van der Waals surface area contributed by atoms with Crippen LogP contribution in [0.25, 0.3) is 0 Å². The Morgan fingerprint density at radius 1 is 1.08 bits per heavy atom. The highest BCUT2D eigenvalue weighted by atomic mass is 32.1. The van der Waals surface area contributed by atoms with Crippen molar-refractivity contribution in [2.75, 3.05) is 39.4 Å². The predicted molar refractivity (Wildman–Crippen MR) is 102 cm³/mol. The Bertz CT molecular complexity index is 654. The van der Waals surface area contributed by atoms with Crippen LogP contribution >= 0.6 is 22.7 Å². The van der Waals surface area contributed by atoms with Gasteiger partial charge in [-0.15, -0.1) is 22.7 Å². The van der Waals surface area contributed by atoms with Gasteiger partial charge in [-0.25, -0.2) is 0 Å². The molecule has 4 rings (SSSR count). The summed E-state index contributed by atoms with van der Waals surface area (Å²) in [6, 6.07) is 8.94. The van der Waals surface area contributed by atoms with Crippen LogP contribution in [-0.2, 0) is 17.8 Å². The molecule has 2 fully saturated rings. The van der Waals surface area contributed by atoms with E-state index in [2.05, 4.69) is 46.4 Å². The average Bonchev–Trinajstić information content (AvgIpc) is 3.25.